The van der Waals surface area contributed by atoms with Crippen LogP contribution >= 0.6 is 28.1 Å². The van der Waals surface area contributed by atoms with Crippen molar-refractivity contribution in [3.63, 3.8) is 0 Å². The van der Waals surface area contributed by atoms with Crippen molar-refractivity contribution in [2.24, 2.45) is 0 Å². The standard InChI is InChI=1S/C24H19BrN4OS/c25-18-8-6-17(7-9-18)20-10-11-21(30-20)23-22(19-5-1-2-13-27-19)28-24(31)29(23)15-16-4-3-12-26-14-16/h1-14,22-23H,15H2,(H,28,31)/t22-,23+/m1/s1. The molecule has 3 aromatic heterocycles. The second kappa shape index (κ2) is 8.61. The van der Waals surface area contributed by atoms with E-state index in [0.29, 0.717) is 11.7 Å². The van der Waals surface area contributed by atoms with Crippen molar-refractivity contribution < 1.29 is 4.42 Å². The average molecular weight is 491 g/mol. The number of nitrogens with one attached hydrogen (secondary N) is 1. The van der Waals surface area contributed by atoms with Gasteiger partial charge < -0.3 is 14.6 Å². The molecule has 1 aliphatic heterocycles. The molecule has 0 spiro atoms. The first-order valence-corrected chi connectivity index (χ1v) is 11.1. The van der Waals surface area contributed by atoms with E-state index >= 15 is 0 Å². The Kier molecular flexibility index (Phi) is 5.53. The van der Waals surface area contributed by atoms with Crippen molar-refractivity contribution in [2.75, 3.05) is 0 Å². The largest absolute Gasteiger partial charge is 0.459 e. The molecule has 154 valence electrons. The predicted octanol–water partition coefficient (Wildman–Crippen LogP) is 5.67. The third kappa shape index (κ3) is 4.11. The summed E-state index contributed by atoms with van der Waals surface area (Å²) in [7, 11) is 0. The number of hydrogen-bond donors (Lipinski definition) is 1. The van der Waals surface area contributed by atoms with E-state index in [4.69, 9.17) is 16.6 Å². The molecule has 1 N–H and O–H groups in total. The van der Waals surface area contributed by atoms with Crippen LogP contribution < -0.4 is 5.32 Å². The summed E-state index contributed by atoms with van der Waals surface area (Å²) >= 11 is 9.21. The number of halogens is 1. The van der Waals surface area contributed by atoms with Crippen molar-refractivity contribution in [1.29, 1.82) is 0 Å². The van der Waals surface area contributed by atoms with Gasteiger partial charge in [0.25, 0.3) is 0 Å². The van der Waals surface area contributed by atoms with Gasteiger partial charge in [-0.2, -0.15) is 0 Å². The van der Waals surface area contributed by atoms with Gasteiger partial charge in [0.05, 0.1) is 11.7 Å². The third-order valence-corrected chi connectivity index (χ3v) is 6.20. The van der Waals surface area contributed by atoms with Gasteiger partial charge in [0.2, 0.25) is 0 Å². The van der Waals surface area contributed by atoms with Crippen molar-refractivity contribution >= 4 is 33.3 Å². The Labute approximate surface area is 194 Å². The maximum atomic E-state index is 6.36. The van der Waals surface area contributed by atoms with Crippen LogP contribution in [0.5, 0.6) is 0 Å². The molecule has 0 radical (unpaired) electrons. The van der Waals surface area contributed by atoms with E-state index in [9.17, 15) is 0 Å². The van der Waals surface area contributed by atoms with Crippen LogP contribution in [0.3, 0.4) is 0 Å². The van der Waals surface area contributed by atoms with Crippen LogP contribution in [-0.2, 0) is 6.54 Å². The highest BCUT2D eigenvalue weighted by molar-refractivity contribution is 9.10. The molecule has 31 heavy (non-hydrogen) atoms. The Hall–Kier alpha value is -3.03. The fraction of sp³-hybridized carbons (Fsp3) is 0.125. The zero-order valence-electron chi connectivity index (χ0n) is 16.5. The van der Waals surface area contributed by atoms with Crippen molar-refractivity contribution in [1.82, 2.24) is 20.2 Å². The average Bonchev–Trinajstić information content (AvgIpc) is 3.41. The zero-order valence-corrected chi connectivity index (χ0v) is 18.9. The predicted molar refractivity (Wildman–Crippen MR) is 127 cm³/mol. The molecule has 1 fully saturated rings. The molecule has 1 saturated heterocycles. The molecule has 0 unspecified atom stereocenters. The van der Waals surface area contributed by atoms with E-state index in [0.717, 1.165) is 32.8 Å². The van der Waals surface area contributed by atoms with Crippen LogP contribution in [-0.4, -0.2) is 20.0 Å². The minimum Gasteiger partial charge on any atom is -0.459 e. The fourth-order valence-corrected chi connectivity index (χ4v) is 4.42. The van der Waals surface area contributed by atoms with Crippen LogP contribution in [0.25, 0.3) is 11.3 Å². The lowest BCUT2D eigenvalue weighted by atomic mass is 10.0. The summed E-state index contributed by atoms with van der Waals surface area (Å²) in [5.74, 6) is 1.66. The van der Waals surface area contributed by atoms with Gasteiger partial charge in [-0.05, 0) is 60.2 Å². The number of hydrogen-bond acceptors (Lipinski definition) is 4. The monoisotopic (exact) mass is 490 g/mol. The summed E-state index contributed by atoms with van der Waals surface area (Å²) in [4.78, 5) is 11.0. The topological polar surface area (TPSA) is 54.2 Å². The number of benzene rings is 1. The fourth-order valence-electron chi connectivity index (χ4n) is 3.85. The Morgan fingerprint density at radius 2 is 1.87 bits per heavy atom. The Balaban J connectivity index is 1.53. The van der Waals surface area contributed by atoms with Gasteiger partial charge in [-0.15, -0.1) is 0 Å². The minimum absolute atomic E-state index is 0.116. The number of furan rings is 1. The lowest BCUT2D eigenvalue weighted by Crippen LogP contribution is -2.29. The van der Waals surface area contributed by atoms with E-state index in [2.05, 4.69) is 42.2 Å². The van der Waals surface area contributed by atoms with E-state index in [-0.39, 0.29) is 12.1 Å². The van der Waals surface area contributed by atoms with Gasteiger partial charge in [-0.1, -0.05) is 40.2 Å². The molecule has 0 amide bonds. The normalized spacial score (nSPS) is 18.2. The van der Waals surface area contributed by atoms with E-state index in [1.807, 2.05) is 66.9 Å². The second-order valence-corrected chi connectivity index (χ2v) is 8.63. The summed E-state index contributed by atoms with van der Waals surface area (Å²) in [6.07, 6.45) is 5.44. The highest BCUT2D eigenvalue weighted by Crippen LogP contribution is 2.41. The summed E-state index contributed by atoms with van der Waals surface area (Å²) in [5, 5.41) is 4.13. The van der Waals surface area contributed by atoms with Crippen LogP contribution in [0.15, 0.2) is 94.2 Å². The molecule has 0 bridgehead atoms. The second-order valence-electron chi connectivity index (χ2n) is 7.32. The van der Waals surface area contributed by atoms with Crippen molar-refractivity contribution in [3.8, 4) is 11.3 Å². The first-order chi connectivity index (χ1) is 15.2. The smallest absolute Gasteiger partial charge is 0.170 e. The number of aromatic nitrogens is 2. The van der Waals surface area contributed by atoms with E-state index in [1.165, 1.54) is 0 Å². The first kappa shape index (κ1) is 19.9. The summed E-state index contributed by atoms with van der Waals surface area (Å²) < 4.78 is 7.40. The van der Waals surface area contributed by atoms with E-state index in [1.54, 1.807) is 12.4 Å². The Bertz CT molecular complexity index is 1180. The molecule has 2 atom stereocenters. The van der Waals surface area contributed by atoms with Crippen LogP contribution in [0, 0.1) is 0 Å². The quantitative estimate of drug-likeness (QED) is 0.363. The molecule has 7 heteroatoms. The minimum atomic E-state index is -0.133. The van der Waals surface area contributed by atoms with Crippen molar-refractivity contribution in [3.05, 3.63) is 107 Å². The van der Waals surface area contributed by atoms with Gasteiger partial charge in [0, 0.05) is 35.2 Å². The molecule has 5 nitrogen and oxygen atoms in total. The number of pyridine rings is 2. The molecule has 4 heterocycles. The molecule has 1 aromatic carbocycles. The highest BCUT2D eigenvalue weighted by Gasteiger charge is 2.41. The van der Waals surface area contributed by atoms with E-state index < -0.39 is 0 Å². The first-order valence-electron chi connectivity index (χ1n) is 9.92. The molecule has 0 saturated carbocycles. The van der Waals surface area contributed by atoms with Gasteiger partial charge in [-0.25, -0.2) is 0 Å². The maximum Gasteiger partial charge on any atom is 0.170 e. The number of thiocarbonyl (C=S) groups is 1. The van der Waals surface area contributed by atoms with Gasteiger partial charge in [-0.3, -0.25) is 9.97 Å². The molecule has 5 rings (SSSR count). The Morgan fingerprint density at radius 3 is 2.61 bits per heavy atom. The Morgan fingerprint density at radius 1 is 1.00 bits per heavy atom. The number of rotatable bonds is 5. The molecular weight excluding hydrogens is 472 g/mol. The lowest BCUT2D eigenvalue weighted by molar-refractivity contribution is 0.269. The molecule has 0 aliphatic carbocycles. The molecular formula is C24H19BrN4OS. The third-order valence-electron chi connectivity index (χ3n) is 5.32. The highest BCUT2D eigenvalue weighted by atomic mass is 79.9. The van der Waals surface area contributed by atoms with Crippen LogP contribution in [0.2, 0.25) is 0 Å². The van der Waals surface area contributed by atoms with Gasteiger partial charge >= 0.3 is 0 Å². The van der Waals surface area contributed by atoms with Gasteiger partial charge in [0.1, 0.15) is 17.6 Å². The van der Waals surface area contributed by atoms with Crippen LogP contribution in [0.4, 0.5) is 0 Å². The summed E-state index contributed by atoms with van der Waals surface area (Å²) in [5.41, 5.74) is 3.03. The summed E-state index contributed by atoms with van der Waals surface area (Å²) in [6.45, 7) is 0.627. The lowest BCUT2D eigenvalue weighted by Gasteiger charge is -2.26. The summed E-state index contributed by atoms with van der Waals surface area (Å²) in [6, 6.07) is 21.8. The number of nitrogens with zero attached hydrogens (tertiary/aromatic N) is 3. The van der Waals surface area contributed by atoms with Gasteiger partial charge in [0.15, 0.2) is 5.11 Å². The van der Waals surface area contributed by atoms with Crippen LogP contribution in [0.1, 0.15) is 29.1 Å². The zero-order chi connectivity index (χ0) is 21.2. The van der Waals surface area contributed by atoms with Crippen molar-refractivity contribution in [2.45, 2.75) is 18.6 Å². The maximum absolute atomic E-state index is 6.36. The molecule has 1 aliphatic rings. The molecule has 4 aromatic rings. The SMILES string of the molecule is S=C1N[C@H](c2ccccn2)[C@H](c2ccc(-c3ccc(Br)cc3)o2)N1Cc1cccnc1.